The molecule has 108 valence electrons. The number of carboxylic acid groups (broad SMARTS) is 1. The van der Waals surface area contributed by atoms with Gasteiger partial charge in [-0.05, 0) is 30.4 Å². The molecule has 0 unspecified atom stereocenters. The summed E-state index contributed by atoms with van der Waals surface area (Å²) in [5.41, 5.74) is -0.331. The van der Waals surface area contributed by atoms with Crippen molar-refractivity contribution in [3.8, 4) is 0 Å². The minimum Gasteiger partial charge on any atom is -0.481 e. The SMILES string of the molecule is O=C(O)CC1(CC(=O)Nc2ccccc2F)CCCC1. The molecule has 2 N–H and O–H groups in total. The van der Waals surface area contributed by atoms with Crippen molar-refractivity contribution in [2.45, 2.75) is 38.5 Å². The molecule has 0 heterocycles. The Morgan fingerprint density at radius 3 is 2.45 bits per heavy atom. The van der Waals surface area contributed by atoms with Gasteiger partial charge in [0, 0.05) is 6.42 Å². The summed E-state index contributed by atoms with van der Waals surface area (Å²) in [6.45, 7) is 0. The Kier molecular flexibility index (Phi) is 4.37. The molecule has 0 bridgehead atoms. The van der Waals surface area contributed by atoms with Crippen molar-refractivity contribution < 1.29 is 19.1 Å². The topological polar surface area (TPSA) is 66.4 Å². The maximum Gasteiger partial charge on any atom is 0.303 e. The fraction of sp³-hybridized carbons (Fsp3) is 0.467. The van der Waals surface area contributed by atoms with Gasteiger partial charge in [0.25, 0.3) is 0 Å². The summed E-state index contributed by atoms with van der Waals surface area (Å²) in [6.07, 6.45) is 3.50. The molecule has 0 spiro atoms. The van der Waals surface area contributed by atoms with Crippen molar-refractivity contribution in [3.63, 3.8) is 0 Å². The molecule has 0 aromatic heterocycles. The molecule has 1 aliphatic rings. The lowest BCUT2D eigenvalue weighted by molar-refractivity contribution is -0.140. The zero-order chi connectivity index (χ0) is 14.6. The third kappa shape index (κ3) is 3.56. The maximum absolute atomic E-state index is 13.5. The van der Waals surface area contributed by atoms with Crippen LogP contribution in [0.15, 0.2) is 24.3 Å². The number of halogens is 1. The Labute approximate surface area is 117 Å². The van der Waals surface area contributed by atoms with Gasteiger partial charge in [-0.1, -0.05) is 25.0 Å². The van der Waals surface area contributed by atoms with Crippen LogP contribution in [0.3, 0.4) is 0 Å². The van der Waals surface area contributed by atoms with Gasteiger partial charge < -0.3 is 10.4 Å². The highest BCUT2D eigenvalue weighted by Gasteiger charge is 2.38. The van der Waals surface area contributed by atoms with Crippen LogP contribution in [0.4, 0.5) is 10.1 Å². The van der Waals surface area contributed by atoms with Crippen LogP contribution < -0.4 is 5.32 Å². The summed E-state index contributed by atoms with van der Waals surface area (Å²) in [4.78, 5) is 23.0. The number of hydrogen-bond donors (Lipinski definition) is 2. The first kappa shape index (κ1) is 14.5. The van der Waals surface area contributed by atoms with Crippen LogP contribution in [0.1, 0.15) is 38.5 Å². The van der Waals surface area contributed by atoms with E-state index in [2.05, 4.69) is 5.32 Å². The van der Waals surface area contributed by atoms with E-state index < -0.39 is 17.2 Å². The van der Waals surface area contributed by atoms with Gasteiger partial charge in [0.15, 0.2) is 0 Å². The molecule has 2 rings (SSSR count). The summed E-state index contributed by atoms with van der Waals surface area (Å²) in [6, 6.07) is 5.96. The van der Waals surface area contributed by atoms with Gasteiger partial charge in [-0.2, -0.15) is 0 Å². The molecule has 4 nitrogen and oxygen atoms in total. The molecule has 1 fully saturated rings. The molecule has 1 aromatic rings. The first-order chi connectivity index (χ1) is 9.51. The van der Waals surface area contributed by atoms with E-state index in [4.69, 9.17) is 5.11 Å². The van der Waals surface area contributed by atoms with Crippen molar-refractivity contribution in [2.24, 2.45) is 5.41 Å². The summed E-state index contributed by atoms with van der Waals surface area (Å²) >= 11 is 0. The van der Waals surface area contributed by atoms with Crippen molar-refractivity contribution in [2.75, 3.05) is 5.32 Å². The number of aliphatic carboxylic acids is 1. The second kappa shape index (κ2) is 6.03. The summed E-state index contributed by atoms with van der Waals surface area (Å²) in [5, 5.41) is 11.5. The minimum atomic E-state index is -0.884. The number of carboxylic acids is 1. The molecular weight excluding hydrogens is 261 g/mol. The fourth-order valence-corrected chi connectivity index (χ4v) is 2.96. The lowest BCUT2D eigenvalue weighted by Gasteiger charge is -2.26. The Morgan fingerprint density at radius 2 is 1.85 bits per heavy atom. The Bertz CT molecular complexity index is 510. The van der Waals surface area contributed by atoms with E-state index in [1.54, 1.807) is 12.1 Å². The van der Waals surface area contributed by atoms with Gasteiger partial charge in [-0.25, -0.2) is 4.39 Å². The summed E-state index contributed by atoms with van der Waals surface area (Å²) in [7, 11) is 0. The van der Waals surface area contributed by atoms with E-state index in [0.717, 1.165) is 25.7 Å². The van der Waals surface area contributed by atoms with Crippen LogP contribution in [0, 0.1) is 11.2 Å². The highest BCUT2D eigenvalue weighted by Crippen LogP contribution is 2.44. The molecular formula is C15H18FNO3. The van der Waals surface area contributed by atoms with Crippen molar-refractivity contribution in [3.05, 3.63) is 30.1 Å². The van der Waals surface area contributed by atoms with E-state index in [9.17, 15) is 14.0 Å². The number of anilines is 1. The van der Waals surface area contributed by atoms with E-state index >= 15 is 0 Å². The fourth-order valence-electron chi connectivity index (χ4n) is 2.96. The van der Waals surface area contributed by atoms with Crippen LogP contribution in [-0.4, -0.2) is 17.0 Å². The van der Waals surface area contributed by atoms with Gasteiger partial charge >= 0.3 is 5.97 Å². The smallest absolute Gasteiger partial charge is 0.303 e. The van der Waals surface area contributed by atoms with Crippen molar-refractivity contribution in [1.82, 2.24) is 0 Å². The van der Waals surface area contributed by atoms with Crippen molar-refractivity contribution >= 4 is 17.6 Å². The van der Waals surface area contributed by atoms with Gasteiger partial charge in [-0.15, -0.1) is 0 Å². The number of nitrogens with one attached hydrogen (secondary N) is 1. The molecule has 1 saturated carbocycles. The van der Waals surface area contributed by atoms with E-state index in [0.29, 0.717) is 0 Å². The zero-order valence-electron chi connectivity index (χ0n) is 11.2. The molecule has 0 saturated heterocycles. The van der Waals surface area contributed by atoms with Gasteiger partial charge in [-0.3, -0.25) is 9.59 Å². The lowest BCUT2D eigenvalue weighted by atomic mass is 9.79. The van der Waals surface area contributed by atoms with Crippen molar-refractivity contribution in [1.29, 1.82) is 0 Å². The number of hydrogen-bond acceptors (Lipinski definition) is 2. The molecule has 1 aliphatic carbocycles. The molecule has 20 heavy (non-hydrogen) atoms. The van der Waals surface area contributed by atoms with Crippen LogP contribution in [0.5, 0.6) is 0 Å². The molecule has 1 aromatic carbocycles. The molecule has 5 heteroatoms. The van der Waals surface area contributed by atoms with Crippen LogP contribution >= 0.6 is 0 Å². The highest BCUT2D eigenvalue weighted by molar-refractivity contribution is 5.91. The third-order valence-electron chi connectivity index (χ3n) is 3.87. The van der Waals surface area contributed by atoms with Crippen LogP contribution in [0.25, 0.3) is 0 Å². The monoisotopic (exact) mass is 279 g/mol. The molecule has 0 aliphatic heterocycles. The number of rotatable bonds is 5. The van der Waals surface area contributed by atoms with Gasteiger partial charge in [0.2, 0.25) is 5.91 Å². The van der Waals surface area contributed by atoms with Crippen LogP contribution in [-0.2, 0) is 9.59 Å². The molecule has 1 amide bonds. The first-order valence-electron chi connectivity index (χ1n) is 6.77. The predicted octanol–water partition coefficient (Wildman–Crippen LogP) is 3.19. The Morgan fingerprint density at radius 1 is 1.20 bits per heavy atom. The largest absolute Gasteiger partial charge is 0.481 e. The maximum atomic E-state index is 13.5. The standard InChI is InChI=1S/C15H18FNO3/c16-11-5-1-2-6-12(11)17-13(18)9-15(10-14(19)20)7-3-4-8-15/h1-2,5-6H,3-4,7-10H2,(H,17,18)(H,19,20). The highest BCUT2D eigenvalue weighted by atomic mass is 19.1. The average Bonchev–Trinajstić information content (AvgIpc) is 2.79. The van der Waals surface area contributed by atoms with Gasteiger partial charge in [0.05, 0.1) is 12.1 Å². The van der Waals surface area contributed by atoms with E-state index in [1.807, 2.05) is 0 Å². The average molecular weight is 279 g/mol. The van der Waals surface area contributed by atoms with E-state index in [1.165, 1.54) is 12.1 Å². The van der Waals surface area contributed by atoms with E-state index in [-0.39, 0.29) is 24.4 Å². The summed E-state index contributed by atoms with van der Waals surface area (Å²) < 4.78 is 13.5. The number of benzene rings is 1. The number of amides is 1. The number of carbonyl (C=O) groups excluding carboxylic acids is 1. The normalized spacial score (nSPS) is 16.9. The Hall–Kier alpha value is -1.91. The lowest BCUT2D eigenvalue weighted by Crippen LogP contribution is -2.27. The first-order valence-corrected chi connectivity index (χ1v) is 6.77. The Balaban J connectivity index is 2.02. The quantitative estimate of drug-likeness (QED) is 0.869. The van der Waals surface area contributed by atoms with Gasteiger partial charge in [0.1, 0.15) is 5.82 Å². The minimum absolute atomic E-state index is 0.00229. The number of para-hydroxylation sites is 1. The second-order valence-electron chi connectivity index (χ2n) is 5.48. The molecule has 0 atom stereocenters. The zero-order valence-corrected chi connectivity index (χ0v) is 11.2. The predicted molar refractivity (Wildman–Crippen MR) is 72.8 cm³/mol. The second-order valence-corrected chi connectivity index (χ2v) is 5.48. The number of carbonyl (C=O) groups is 2. The third-order valence-corrected chi connectivity index (χ3v) is 3.87. The molecule has 0 radical (unpaired) electrons. The van der Waals surface area contributed by atoms with Crippen LogP contribution in [0.2, 0.25) is 0 Å². The summed E-state index contributed by atoms with van der Waals surface area (Å²) in [5.74, 6) is -1.69.